The monoisotopic (exact) mass is 426 g/mol. The summed E-state index contributed by atoms with van der Waals surface area (Å²) in [6.07, 6.45) is 13.8. The molecule has 1 aliphatic heterocycles. The molecule has 166 valence electrons. The van der Waals surface area contributed by atoms with Gasteiger partial charge < -0.3 is 4.90 Å². The molecule has 1 aromatic heterocycles. The highest BCUT2D eigenvalue weighted by molar-refractivity contribution is 5.78. The topological polar surface area (TPSA) is 33.2 Å². The summed E-state index contributed by atoms with van der Waals surface area (Å²) in [6.45, 7) is 1.05. The molecule has 32 heavy (non-hydrogen) atoms. The summed E-state index contributed by atoms with van der Waals surface area (Å²) in [5.41, 5.74) is 6.80. The summed E-state index contributed by atoms with van der Waals surface area (Å²) in [4.78, 5) is 18.8. The van der Waals surface area contributed by atoms with Crippen LogP contribution in [0.5, 0.6) is 0 Å². The van der Waals surface area contributed by atoms with E-state index in [9.17, 15) is 4.79 Å². The standard InChI is InChI=1S/C29H34N2O/c32-27(20-17-24-11-10-21-30-23-24)14-4-2-1-3-9-22-31-28-15-7-5-12-25(28)18-19-26-13-6-8-16-29(26)31/h5-8,10-13,15-16,21,23H,1-4,9,14,17-20,22H2. The van der Waals surface area contributed by atoms with Crippen molar-refractivity contribution in [3.05, 3.63) is 89.7 Å². The van der Waals surface area contributed by atoms with E-state index in [1.54, 1.807) is 6.20 Å². The maximum absolute atomic E-state index is 12.2. The van der Waals surface area contributed by atoms with Gasteiger partial charge in [0.25, 0.3) is 0 Å². The third kappa shape index (κ3) is 6.06. The van der Waals surface area contributed by atoms with Crippen LogP contribution in [-0.2, 0) is 24.1 Å². The molecule has 4 rings (SSSR count). The van der Waals surface area contributed by atoms with Gasteiger partial charge in [-0.2, -0.15) is 0 Å². The number of para-hydroxylation sites is 2. The van der Waals surface area contributed by atoms with Crippen LogP contribution in [0.3, 0.4) is 0 Å². The minimum absolute atomic E-state index is 0.381. The van der Waals surface area contributed by atoms with E-state index >= 15 is 0 Å². The van der Waals surface area contributed by atoms with E-state index in [2.05, 4.69) is 58.4 Å². The number of hydrogen-bond donors (Lipinski definition) is 0. The zero-order valence-corrected chi connectivity index (χ0v) is 19.0. The summed E-state index contributed by atoms with van der Waals surface area (Å²) in [5.74, 6) is 0.381. The van der Waals surface area contributed by atoms with Crippen LogP contribution in [0.4, 0.5) is 11.4 Å². The van der Waals surface area contributed by atoms with Crippen molar-refractivity contribution in [1.82, 2.24) is 4.98 Å². The number of ketones is 1. The molecular weight excluding hydrogens is 392 g/mol. The van der Waals surface area contributed by atoms with Gasteiger partial charge in [0, 0.05) is 43.2 Å². The Bertz CT molecular complexity index is 951. The van der Waals surface area contributed by atoms with E-state index < -0.39 is 0 Å². The quantitative estimate of drug-likeness (QED) is 0.314. The Morgan fingerprint density at radius 1 is 0.750 bits per heavy atom. The Morgan fingerprint density at radius 2 is 1.41 bits per heavy atom. The minimum Gasteiger partial charge on any atom is -0.341 e. The van der Waals surface area contributed by atoms with Crippen molar-refractivity contribution in [1.29, 1.82) is 0 Å². The van der Waals surface area contributed by atoms with E-state index in [0.717, 1.165) is 44.2 Å². The predicted octanol–water partition coefficient (Wildman–Crippen LogP) is 6.86. The first-order chi connectivity index (χ1) is 15.8. The molecule has 0 unspecified atom stereocenters. The van der Waals surface area contributed by atoms with Crippen LogP contribution < -0.4 is 4.90 Å². The maximum atomic E-state index is 12.2. The maximum Gasteiger partial charge on any atom is 0.133 e. The summed E-state index contributed by atoms with van der Waals surface area (Å²) >= 11 is 0. The number of carbonyl (C=O) groups is 1. The predicted molar refractivity (Wildman–Crippen MR) is 133 cm³/mol. The van der Waals surface area contributed by atoms with Gasteiger partial charge in [-0.25, -0.2) is 0 Å². The Balaban J connectivity index is 1.19. The number of pyridine rings is 1. The molecule has 0 saturated heterocycles. The number of aromatic nitrogens is 1. The van der Waals surface area contributed by atoms with Crippen molar-refractivity contribution in [3.8, 4) is 0 Å². The molecule has 0 spiro atoms. The lowest BCUT2D eigenvalue weighted by Gasteiger charge is -2.27. The lowest BCUT2D eigenvalue weighted by atomic mass is 10.0. The number of hydrogen-bond acceptors (Lipinski definition) is 3. The first kappa shape index (κ1) is 22.3. The van der Waals surface area contributed by atoms with E-state index in [0.29, 0.717) is 18.6 Å². The van der Waals surface area contributed by atoms with Crippen molar-refractivity contribution in [2.75, 3.05) is 11.4 Å². The fourth-order valence-electron chi connectivity index (χ4n) is 4.69. The van der Waals surface area contributed by atoms with Crippen molar-refractivity contribution in [2.24, 2.45) is 0 Å². The smallest absolute Gasteiger partial charge is 0.133 e. The molecule has 3 aromatic rings. The second-order valence-electron chi connectivity index (χ2n) is 8.83. The van der Waals surface area contributed by atoms with Crippen LogP contribution in [-0.4, -0.2) is 17.3 Å². The highest BCUT2D eigenvalue weighted by atomic mass is 16.1. The molecule has 2 aromatic carbocycles. The van der Waals surface area contributed by atoms with Crippen molar-refractivity contribution in [3.63, 3.8) is 0 Å². The van der Waals surface area contributed by atoms with Crippen LogP contribution in [0.2, 0.25) is 0 Å². The fourth-order valence-corrected chi connectivity index (χ4v) is 4.69. The molecule has 3 heteroatoms. The number of Topliss-reactive ketones (excluding diaryl/α,β-unsaturated/α-hetero) is 1. The van der Waals surface area contributed by atoms with Gasteiger partial charge in [-0.1, -0.05) is 61.7 Å². The number of nitrogens with zero attached hydrogens (tertiary/aromatic N) is 2. The van der Waals surface area contributed by atoms with Gasteiger partial charge in [-0.3, -0.25) is 9.78 Å². The van der Waals surface area contributed by atoms with Crippen LogP contribution in [0.25, 0.3) is 0 Å². The first-order valence-electron chi connectivity index (χ1n) is 12.2. The number of anilines is 2. The normalized spacial score (nSPS) is 12.7. The van der Waals surface area contributed by atoms with Crippen molar-refractivity contribution < 1.29 is 4.79 Å². The highest BCUT2D eigenvalue weighted by Gasteiger charge is 2.19. The Labute approximate surface area is 192 Å². The molecule has 0 bridgehead atoms. The third-order valence-corrected chi connectivity index (χ3v) is 6.48. The molecule has 0 amide bonds. The number of rotatable bonds is 11. The molecule has 2 heterocycles. The Hall–Kier alpha value is -2.94. The van der Waals surface area contributed by atoms with Crippen LogP contribution in [0.1, 0.15) is 61.6 Å². The third-order valence-electron chi connectivity index (χ3n) is 6.48. The number of aryl methyl sites for hydroxylation is 3. The van der Waals surface area contributed by atoms with Gasteiger partial charge in [0.05, 0.1) is 0 Å². The van der Waals surface area contributed by atoms with Crippen LogP contribution >= 0.6 is 0 Å². The number of carbonyl (C=O) groups excluding carboxylic acids is 1. The zero-order valence-electron chi connectivity index (χ0n) is 19.0. The molecule has 0 saturated carbocycles. The minimum atomic E-state index is 0.381. The van der Waals surface area contributed by atoms with Crippen molar-refractivity contribution in [2.45, 2.75) is 64.2 Å². The lowest BCUT2D eigenvalue weighted by molar-refractivity contribution is -0.119. The van der Waals surface area contributed by atoms with Gasteiger partial charge in [0.1, 0.15) is 5.78 Å². The van der Waals surface area contributed by atoms with E-state index in [1.807, 2.05) is 18.3 Å². The van der Waals surface area contributed by atoms with Crippen molar-refractivity contribution >= 4 is 17.2 Å². The second kappa shape index (κ2) is 11.6. The molecule has 0 fully saturated rings. The summed E-state index contributed by atoms with van der Waals surface area (Å²) in [5, 5.41) is 0. The van der Waals surface area contributed by atoms with Gasteiger partial charge in [-0.05, 0) is 67.0 Å². The average Bonchev–Trinajstić information content (AvgIpc) is 3.00. The van der Waals surface area contributed by atoms with E-state index in [4.69, 9.17) is 0 Å². The SMILES string of the molecule is O=C(CCCCCCCN1c2ccccc2CCc2ccccc21)CCc1cccnc1. The molecule has 0 radical (unpaired) electrons. The molecule has 0 N–H and O–H groups in total. The number of benzene rings is 2. The zero-order chi connectivity index (χ0) is 22.0. The Kier molecular flexibility index (Phi) is 8.08. The first-order valence-corrected chi connectivity index (χ1v) is 12.2. The highest BCUT2D eigenvalue weighted by Crippen LogP contribution is 2.36. The van der Waals surface area contributed by atoms with Gasteiger partial charge >= 0.3 is 0 Å². The number of fused-ring (bicyclic) bond motifs is 2. The summed E-state index contributed by atoms with van der Waals surface area (Å²) in [6, 6.07) is 21.7. The molecule has 0 aliphatic carbocycles. The van der Waals surface area contributed by atoms with Crippen LogP contribution in [0, 0.1) is 0 Å². The van der Waals surface area contributed by atoms with E-state index in [-0.39, 0.29) is 0 Å². The van der Waals surface area contributed by atoms with Gasteiger partial charge in [0.2, 0.25) is 0 Å². The second-order valence-corrected chi connectivity index (χ2v) is 8.83. The lowest BCUT2D eigenvalue weighted by Crippen LogP contribution is -2.19. The molecular formula is C29H34N2O. The molecule has 3 nitrogen and oxygen atoms in total. The Morgan fingerprint density at radius 3 is 2.09 bits per heavy atom. The van der Waals surface area contributed by atoms with Gasteiger partial charge in [0.15, 0.2) is 0 Å². The number of unbranched alkanes of at least 4 members (excludes halogenated alkanes) is 4. The molecule has 0 atom stereocenters. The fraction of sp³-hybridized carbons (Fsp3) is 0.379. The molecule has 1 aliphatic rings. The largest absolute Gasteiger partial charge is 0.341 e. The summed E-state index contributed by atoms with van der Waals surface area (Å²) in [7, 11) is 0. The van der Waals surface area contributed by atoms with Crippen LogP contribution in [0.15, 0.2) is 73.1 Å². The average molecular weight is 427 g/mol. The summed E-state index contributed by atoms with van der Waals surface area (Å²) < 4.78 is 0. The van der Waals surface area contributed by atoms with E-state index in [1.165, 1.54) is 41.8 Å². The van der Waals surface area contributed by atoms with Gasteiger partial charge in [-0.15, -0.1) is 0 Å².